The Labute approximate surface area is 155 Å². The maximum atomic E-state index is 13.1. The highest BCUT2D eigenvalue weighted by atomic mass is 32.1. The zero-order valence-corrected chi connectivity index (χ0v) is 15.6. The summed E-state index contributed by atoms with van der Waals surface area (Å²) in [6, 6.07) is 13.4. The van der Waals surface area contributed by atoms with Crippen molar-refractivity contribution in [3.05, 3.63) is 78.6 Å². The van der Waals surface area contributed by atoms with Crippen LogP contribution in [0.5, 0.6) is 0 Å². The molecule has 0 saturated carbocycles. The summed E-state index contributed by atoms with van der Waals surface area (Å²) in [4.78, 5) is 0.409. The molecule has 0 fully saturated rings. The van der Waals surface area contributed by atoms with Crippen molar-refractivity contribution in [3.63, 3.8) is 0 Å². The third kappa shape index (κ3) is 4.77. The van der Waals surface area contributed by atoms with Crippen LogP contribution >= 0.6 is 12.2 Å². The molecule has 0 radical (unpaired) electrons. The molecule has 25 heavy (non-hydrogen) atoms. The summed E-state index contributed by atoms with van der Waals surface area (Å²) in [5.74, 6) is 0.375. The Kier molecular flexibility index (Phi) is 6.90. The van der Waals surface area contributed by atoms with Crippen LogP contribution in [0, 0.1) is 0 Å². The van der Waals surface area contributed by atoms with Gasteiger partial charge in [0.2, 0.25) is 5.70 Å². The third-order valence-electron chi connectivity index (χ3n) is 4.17. The topological polar surface area (TPSA) is 39.0 Å². The van der Waals surface area contributed by atoms with Gasteiger partial charge in [-0.3, -0.25) is 0 Å². The quantitative estimate of drug-likeness (QED) is 0.273. The first-order valence-corrected chi connectivity index (χ1v) is 8.86. The molecule has 2 aromatic rings. The van der Waals surface area contributed by atoms with E-state index >= 15 is 0 Å². The van der Waals surface area contributed by atoms with Crippen molar-refractivity contribution < 1.29 is 9.67 Å². The van der Waals surface area contributed by atoms with Crippen LogP contribution in [0.15, 0.2) is 67.5 Å². The number of nitrogens with one attached hydrogen (secondary N) is 1. The Morgan fingerprint density at radius 2 is 1.88 bits per heavy atom. The second-order valence-corrected chi connectivity index (χ2v) is 6.30. The molecule has 0 bridgehead atoms. The van der Waals surface area contributed by atoms with Crippen molar-refractivity contribution in [1.29, 1.82) is 0 Å². The number of hydrogen-bond acceptors (Lipinski definition) is 2. The zero-order valence-electron chi connectivity index (χ0n) is 14.7. The van der Waals surface area contributed by atoms with Gasteiger partial charge >= 0.3 is 0 Å². The number of rotatable bonds is 7. The van der Waals surface area contributed by atoms with E-state index in [1.54, 1.807) is 10.6 Å². The van der Waals surface area contributed by atoms with Crippen LogP contribution in [-0.4, -0.2) is 11.5 Å². The summed E-state index contributed by atoms with van der Waals surface area (Å²) in [6.07, 6.45) is 6.43. The first-order chi connectivity index (χ1) is 12.1. The molecule has 0 aliphatic carbocycles. The van der Waals surface area contributed by atoms with Crippen molar-refractivity contribution in [2.45, 2.75) is 26.2 Å². The van der Waals surface area contributed by atoms with E-state index < -0.39 is 0 Å². The summed E-state index contributed by atoms with van der Waals surface area (Å²) in [6.45, 7) is 8.53. The average molecular weight is 353 g/mol. The van der Waals surface area contributed by atoms with Crippen LogP contribution in [0.2, 0.25) is 0 Å². The Bertz CT molecular complexity index is 751. The maximum absolute atomic E-state index is 13.1. The second kappa shape index (κ2) is 9.14. The lowest BCUT2D eigenvalue weighted by Gasteiger charge is -2.17. The van der Waals surface area contributed by atoms with Gasteiger partial charge in [0.25, 0.3) is 0 Å². The van der Waals surface area contributed by atoms with Gasteiger partial charge in [0, 0.05) is 18.7 Å². The van der Waals surface area contributed by atoms with Crippen LogP contribution in [0.1, 0.15) is 37.3 Å². The fraction of sp³-hybridized carbons (Fsp3) is 0.238. The Morgan fingerprint density at radius 3 is 2.44 bits per heavy atom. The predicted octanol–water partition coefficient (Wildman–Crippen LogP) is 3.28. The highest BCUT2D eigenvalue weighted by molar-refractivity contribution is 7.81. The monoisotopic (exact) mass is 352 g/mol. The number of thiocarbonyl (C=S) groups is 1. The highest BCUT2D eigenvalue weighted by Gasteiger charge is 2.17. The number of benzene rings is 1. The number of hydrogen-bond donors (Lipinski definition) is 1. The molecule has 0 spiro atoms. The molecule has 4 heteroatoms. The molecule has 3 nitrogen and oxygen atoms in total. The molecule has 0 saturated heterocycles. The van der Waals surface area contributed by atoms with Gasteiger partial charge in [-0.05, 0) is 29.2 Å². The molecule has 130 valence electrons. The molecule has 1 aromatic heterocycles. The van der Waals surface area contributed by atoms with Crippen LogP contribution in [0.4, 0.5) is 0 Å². The normalized spacial score (nSPS) is 12.9. The van der Waals surface area contributed by atoms with E-state index in [0.29, 0.717) is 28.7 Å². The van der Waals surface area contributed by atoms with Gasteiger partial charge in [0.05, 0.1) is 0 Å². The van der Waals surface area contributed by atoms with E-state index in [-0.39, 0.29) is 5.76 Å². The minimum Gasteiger partial charge on any atom is -0.867 e. The molecular weight excluding hydrogens is 328 g/mol. The third-order valence-corrected chi connectivity index (χ3v) is 4.50. The first-order valence-electron chi connectivity index (χ1n) is 8.45. The fourth-order valence-electron chi connectivity index (χ4n) is 2.47. The van der Waals surface area contributed by atoms with Crippen molar-refractivity contribution in [2.24, 2.45) is 0 Å². The smallest absolute Gasteiger partial charge is 0.237 e. The minimum absolute atomic E-state index is 0.103. The summed E-state index contributed by atoms with van der Waals surface area (Å²) >= 11 is 5.45. The summed E-state index contributed by atoms with van der Waals surface area (Å²) in [7, 11) is 0. The Morgan fingerprint density at radius 1 is 1.24 bits per heavy atom. The van der Waals surface area contributed by atoms with Gasteiger partial charge in [-0.2, -0.15) is 4.57 Å². The number of aromatic nitrogens is 1. The Balaban J connectivity index is 2.46. The lowest BCUT2D eigenvalue weighted by Crippen LogP contribution is -2.42. The number of pyridine rings is 1. The highest BCUT2D eigenvalue weighted by Crippen LogP contribution is 2.21. The van der Waals surface area contributed by atoms with Crippen molar-refractivity contribution >= 4 is 28.7 Å². The van der Waals surface area contributed by atoms with E-state index in [2.05, 4.69) is 25.7 Å². The van der Waals surface area contributed by atoms with E-state index in [4.69, 9.17) is 12.2 Å². The lowest BCUT2D eigenvalue weighted by molar-refractivity contribution is -0.577. The molecule has 0 aliphatic heterocycles. The van der Waals surface area contributed by atoms with E-state index in [9.17, 15) is 5.11 Å². The first kappa shape index (κ1) is 18.9. The van der Waals surface area contributed by atoms with Crippen molar-refractivity contribution in [3.8, 4) is 0 Å². The SMILES string of the molecule is C=CCNC(=S)/C(=C(/[O-])c1ccc(C(C)CC)cc1)[n+]1ccccc1. The maximum Gasteiger partial charge on any atom is 0.237 e. The van der Waals surface area contributed by atoms with Gasteiger partial charge < -0.3 is 10.4 Å². The summed E-state index contributed by atoms with van der Waals surface area (Å²) in [5, 5.41) is 16.1. The molecule has 0 amide bonds. The van der Waals surface area contributed by atoms with Gasteiger partial charge in [-0.25, -0.2) is 0 Å². The summed E-state index contributed by atoms with van der Waals surface area (Å²) < 4.78 is 1.75. The lowest BCUT2D eigenvalue weighted by atomic mass is 9.97. The van der Waals surface area contributed by atoms with Crippen molar-refractivity contribution in [2.75, 3.05) is 6.54 Å². The van der Waals surface area contributed by atoms with E-state index in [0.717, 1.165) is 6.42 Å². The van der Waals surface area contributed by atoms with Gasteiger partial charge in [0.15, 0.2) is 17.4 Å². The van der Waals surface area contributed by atoms with Crippen LogP contribution in [0.3, 0.4) is 0 Å². The molecule has 1 N–H and O–H groups in total. The van der Waals surface area contributed by atoms with Crippen LogP contribution < -0.4 is 15.0 Å². The summed E-state index contributed by atoms with van der Waals surface area (Å²) in [5.41, 5.74) is 2.30. The van der Waals surface area contributed by atoms with Crippen LogP contribution in [-0.2, 0) is 0 Å². The molecule has 1 heterocycles. The number of nitrogens with zero attached hydrogens (tertiary/aromatic N) is 1. The second-order valence-electron chi connectivity index (χ2n) is 5.89. The molecule has 1 aromatic carbocycles. The van der Waals surface area contributed by atoms with E-state index in [1.807, 2.05) is 54.9 Å². The van der Waals surface area contributed by atoms with Gasteiger partial charge in [-0.15, -0.1) is 6.58 Å². The molecule has 1 unspecified atom stereocenters. The van der Waals surface area contributed by atoms with Crippen molar-refractivity contribution in [1.82, 2.24) is 5.32 Å². The van der Waals surface area contributed by atoms with E-state index in [1.165, 1.54) is 5.56 Å². The molecular formula is C21H24N2OS. The molecule has 1 atom stereocenters. The Hall–Kier alpha value is -2.46. The molecule has 2 rings (SSSR count). The van der Waals surface area contributed by atoms with Gasteiger partial charge in [-0.1, -0.05) is 62.5 Å². The van der Waals surface area contributed by atoms with Gasteiger partial charge in [0.1, 0.15) is 0 Å². The minimum atomic E-state index is -0.103. The predicted molar refractivity (Wildman–Crippen MR) is 106 cm³/mol. The largest absolute Gasteiger partial charge is 0.867 e. The zero-order chi connectivity index (χ0) is 18.2. The van der Waals surface area contributed by atoms with Crippen LogP contribution in [0.25, 0.3) is 11.5 Å². The fourth-order valence-corrected chi connectivity index (χ4v) is 2.75. The standard InChI is InChI=1S/C21H24N2OS/c1-4-13-22-21(25)19(23-14-7-6-8-15-23)20(24)18-11-9-17(10-12-18)16(3)5-2/h4,6-12,14-16H,1,5,13H2,2-3H3,(H-,22,24,25). The average Bonchev–Trinajstić information content (AvgIpc) is 2.66. The molecule has 0 aliphatic rings.